The quantitative estimate of drug-likeness (QED) is 0.706. The minimum Gasteiger partial charge on any atom is -0.398 e. The molecule has 1 amide bonds. The molecule has 0 aliphatic carbocycles. The van der Waals surface area contributed by atoms with Gasteiger partial charge >= 0.3 is 0 Å². The summed E-state index contributed by atoms with van der Waals surface area (Å²) >= 11 is 0. The molecular weight excluding hydrogens is 262 g/mol. The molecule has 4 heteroatoms. The Morgan fingerprint density at radius 3 is 2.86 bits per heavy atom. The Hall–Kier alpha value is -2.88. The average molecular weight is 277 g/mol. The van der Waals surface area contributed by atoms with Gasteiger partial charge in [-0.15, -0.1) is 0 Å². The molecule has 4 nitrogen and oxygen atoms in total. The number of hydrogen-bond donors (Lipinski definition) is 2. The number of nitrogens with one attached hydrogen (secondary N) is 1. The molecule has 0 saturated heterocycles. The smallest absolute Gasteiger partial charge is 0.255 e. The predicted molar refractivity (Wildman–Crippen MR) is 85.3 cm³/mol. The number of carbonyl (C=O) groups excluding carboxylic acids is 1. The van der Waals surface area contributed by atoms with Crippen LogP contribution in [0.2, 0.25) is 0 Å². The number of anilines is 2. The second kappa shape index (κ2) is 5.25. The Balaban J connectivity index is 1.91. The molecule has 1 aromatic heterocycles. The van der Waals surface area contributed by atoms with E-state index in [9.17, 15) is 4.79 Å². The number of pyridine rings is 1. The first-order valence-electron chi connectivity index (χ1n) is 6.66. The number of amides is 1. The molecule has 104 valence electrons. The summed E-state index contributed by atoms with van der Waals surface area (Å²) in [5.74, 6) is -0.158. The Morgan fingerprint density at radius 2 is 2.00 bits per heavy atom. The van der Waals surface area contributed by atoms with Gasteiger partial charge in [0, 0.05) is 28.5 Å². The van der Waals surface area contributed by atoms with Crippen molar-refractivity contribution in [1.29, 1.82) is 0 Å². The molecule has 0 bridgehead atoms. The van der Waals surface area contributed by atoms with Gasteiger partial charge in [-0.1, -0.05) is 12.1 Å². The minimum atomic E-state index is -0.158. The standard InChI is InChI=1S/C17H15N3O/c1-11-14(18)5-2-6-15(11)20-17(21)13-7-8-16-12(10-13)4-3-9-19-16/h2-10H,18H2,1H3,(H,20,21). The number of carbonyl (C=O) groups is 1. The van der Waals surface area contributed by atoms with Crippen molar-refractivity contribution < 1.29 is 4.79 Å². The zero-order valence-electron chi connectivity index (χ0n) is 11.6. The first-order chi connectivity index (χ1) is 10.1. The first-order valence-corrected chi connectivity index (χ1v) is 6.66. The van der Waals surface area contributed by atoms with Gasteiger partial charge in [-0.25, -0.2) is 0 Å². The lowest BCUT2D eigenvalue weighted by molar-refractivity contribution is 0.102. The van der Waals surface area contributed by atoms with Crippen molar-refractivity contribution in [1.82, 2.24) is 4.98 Å². The topological polar surface area (TPSA) is 68.0 Å². The van der Waals surface area contributed by atoms with E-state index in [1.807, 2.05) is 49.4 Å². The SMILES string of the molecule is Cc1c(N)cccc1NC(=O)c1ccc2ncccc2c1. The van der Waals surface area contributed by atoms with Gasteiger partial charge < -0.3 is 11.1 Å². The van der Waals surface area contributed by atoms with Gasteiger partial charge in [-0.2, -0.15) is 0 Å². The molecule has 21 heavy (non-hydrogen) atoms. The number of benzene rings is 2. The van der Waals surface area contributed by atoms with Crippen LogP contribution in [0.15, 0.2) is 54.7 Å². The van der Waals surface area contributed by atoms with Crippen LogP contribution >= 0.6 is 0 Å². The van der Waals surface area contributed by atoms with E-state index in [1.54, 1.807) is 12.3 Å². The predicted octanol–water partition coefficient (Wildman–Crippen LogP) is 3.38. The number of aromatic nitrogens is 1. The van der Waals surface area contributed by atoms with Crippen LogP contribution in [0.5, 0.6) is 0 Å². The Morgan fingerprint density at radius 1 is 1.14 bits per heavy atom. The molecule has 3 N–H and O–H groups in total. The number of nitrogens with zero attached hydrogens (tertiary/aromatic N) is 1. The van der Waals surface area contributed by atoms with Gasteiger partial charge in [-0.05, 0) is 48.9 Å². The summed E-state index contributed by atoms with van der Waals surface area (Å²) in [6.07, 6.45) is 1.73. The zero-order valence-corrected chi connectivity index (χ0v) is 11.6. The highest BCUT2D eigenvalue weighted by atomic mass is 16.1. The molecule has 0 aliphatic rings. The maximum atomic E-state index is 12.3. The third-order valence-electron chi connectivity index (χ3n) is 3.49. The molecule has 0 atom stereocenters. The van der Waals surface area contributed by atoms with Crippen LogP contribution in [0, 0.1) is 6.92 Å². The second-order valence-corrected chi connectivity index (χ2v) is 4.88. The van der Waals surface area contributed by atoms with E-state index in [-0.39, 0.29) is 5.91 Å². The minimum absolute atomic E-state index is 0.158. The van der Waals surface area contributed by atoms with Gasteiger partial charge in [-0.3, -0.25) is 9.78 Å². The summed E-state index contributed by atoms with van der Waals surface area (Å²) in [7, 11) is 0. The highest BCUT2D eigenvalue weighted by molar-refractivity contribution is 6.06. The van der Waals surface area contributed by atoms with Crippen LogP contribution in [-0.4, -0.2) is 10.9 Å². The number of nitrogens with two attached hydrogens (primary N) is 1. The molecule has 0 radical (unpaired) electrons. The first kappa shape index (κ1) is 13.1. The molecule has 3 aromatic rings. The number of rotatable bonds is 2. The van der Waals surface area contributed by atoms with E-state index >= 15 is 0 Å². The maximum absolute atomic E-state index is 12.3. The van der Waals surface area contributed by atoms with Gasteiger partial charge in [0.15, 0.2) is 0 Å². The fourth-order valence-corrected chi connectivity index (χ4v) is 2.20. The van der Waals surface area contributed by atoms with Crippen molar-refractivity contribution in [2.45, 2.75) is 6.92 Å². The van der Waals surface area contributed by atoms with Crippen molar-refractivity contribution >= 4 is 28.2 Å². The van der Waals surface area contributed by atoms with Crippen LogP contribution in [0.4, 0.5) is 11.4 Å². The van der Waals surface area contributed by atoms with Crippen molar-refractivity contribution in [2.24, 2.45) is 0 Å². The van der Waals surface area contributed by atoms with Gasteiger partial charge in [0.2, 0.25) is 0 Å². The normalized spacial score (nSPS) is 10.5. The summed E-state index contributed by atoms with van der Waals surface area (Å²) in [6, 6.07) is 14.7. The van der Waals surface area contributed by atoms with E-state index in [2.05, 4.69) is 10.3 Å². The Bertz CT molecular complexity index is 827. The summed E-state index contributed by atoms with van der Waals surface area (Å²) in [4.78, 5) is 16.6. The molecule has 0 aliphatic heterocycles. The lowest BCUT2D eigenvalue weighted by atomic mass is 10.1. The summed E-state index contributed by atoms with van der Waals surface area (Å²) in [5, 5.41) is 3.83. The van der Waals surface area contributed by atoms with E-state index in [0.717, 1.165) is 22.2 Å². The third-order valence-corrected chi connectivity index (χ3v) is 3.49. The lowest BCUT2D eigenvalue weighted by Crippen LogP contribution is -2.13. The molecule has 0 saturated carbocycles. The lowest BCUT2D eigenvalue weighted by Gasteiger charge is -2.10. The zero-order chi connectivity index (χ0) is 14.8. The Kier molecular flexibility index (Phi) is 3.28. The second-order valence-electron chi connectivity index (χ2n) is 4.88. The van der Waals surface area contributed by atoms with Crippen molar-refractivity contribution in [3.63, 3.8) is 0 Å². The highest BCUT2D eigenvalue weighted by Gasteiger charge is 2.09. The van der Waals surface area contributed by atoms with Crippen LogP contribution in [-0.2, 0) is 0 Å². The summed E-state index contributed by atoms with van der Waals surface area (Å²) in [5.41, 5.74) is 9.57. The molecule has 2 aromatic carbocycles. The molecule has 1 heterocycles. The molecule has 0 spiro atoms. The molecule has 0 unspecified atom stereocenters. The third kappa shape index (κ3) is 2.56. The van der Waals surface area contributed by atoms with E-state index < -0.39 is 0 Å². The van der Waals surface area contributed by atoms with Crippen molar-refractivity contribution in [2.75, 3.05) is 11.1 Å². The highest BCUT2D eigenvalue weighted by Crippen LogP contribution is 2.21. The Labute approximate surface area is 122 Å². The van der Waals surface area contributed by atoms with Crippen LogP contribution in [0.1, 0.15) is 15.9 Å². The van der Waals surface area contributed by atoms with Gasteiger partial charge in [0.1, 0.15) is 0 Å². The van der Waals surface area contributed by atoms with Crippen LogP contribution < -0.4 is 11.1 Å². The fourth-order valence-electron chi connectivity index (χ4n) is 2.20. The van der Waals surface area contributed by atoms with Crippen molar-refractivity contribution in [3.05, 3.63) is 65.9 Å². The number of nitrogen functional groups attached to an aromatic ring is 1. The maximum Gasteiger partial charge on any atom is 0.255 e. The largest absolute Gasteiger partial charge is 0.398 e. The molecule has 0 fully saturated rings. The summed E-state index contributed by atoms with van der Waals surface area (Å²) < 4.78 is 0. The van der Waals surface area contributed by atoms with Gasteiger partial charge in [0.25, 0.3) is 5.91 Å². The number of fused-ring (bicyclic) bond motifs is 1. The molecular formula is C17H15N3O. The van der Waals surface area contributed by atoms with Crippen LogP contribution in [0.25, 0.3) is 10.9 Å². The fraction of sp³-hybridized carbons (Fsp3) is 0.0588. The number of hydrogen-bond acceptors (Lipinski definition) is 3. The van der Waals surface area contributed by atoms with E-state index in [4.69, 9.17) is 5.73 Å². The van der Waals surface area contributed by atoms with Crippen molar-refractivity contribution in [3.8, 4) is 0 Å². The van der Waals surface area contributed by atoms with E-state index in [0.29, 0.717) is 11.3 Å². The molecule has 3 rings (SSSR count). The monoisotopic (exact) mass is 277 g/mol. The summed E-state index contributed by atoms with van der Waals surface area (Å²) in [6.45, 7) is 1.88. The van der Waals surface area contributed by atoms with Gasteiger partial charge in [0.05, 0.1) is 5.52 Å². The van der Waals surface area contributed by atoms with E-state index in [1.165, 1.54) is 0 Å². The van der Waals surface area contributed by atoms with Crippen LogP contribution in [0.3, 0.4) is 0 Å². The average Bonchev–Trinajstić information content (AvgIpc) is 2.51.